The van der Waals surface area contributed by atoms with Crippen molar-refractivity contribution in [1.82, 2.24) is 10.2 Å². The first-order valence-corrected chi connectivity index (χ1v) is 6.09. The van der Waals surface area contributed by atoms with Gasteiger partial charge in [0.25, 0.3) is 0 Å². The van der Waals surface area contributed by atoms with Crippen molar-refractivity contribution in [2.45, 2.75) is 45.1 Å². The van der Waals surface area contributed by atoms with Crippen molar-refractivity contribution in [3.05, 3.63) is 10.0 Å². The minimum absolute atomic E-state index is 0.0259. The fraction of sp³-hybridized carbons (Fsp3) is 0.800. The highest BCUT2D eigenvalue weighted by atomic mass is 32.1. The molecule has 78 valence electrons. The van der Waals surface area contributed by atoms with Gasteiger partial charge in [0, 0.05) is 5.92 Å². The summed E-state index contributed by atoms with van der Waals surface area (Å²) in [6.07, 6.45) is 3.94. The highest BCUT2D eigenvalue weighted by molar-refractivity contribution is 7.11. The molecule has 0 bridgehead atoms. The smallest absolute Gasteiger partial charge is 0.133 e. The Morgan fingerprint density at radius 2 is 2.21 bits per heavy atom. The topological polar surface area (TPSA) is 51.8 Å². The van der Waals surface area contributed by atoms with Crippen molar-refractivity contribution in [2.24, 2.45) is 11.7 Å². The number of rotatable bonds is 2. The van der Waals surface area contributed by atoms with Crippen LogP contribution in [0.1, 0.15) is 55.1 Å². The minimum Gasteiger partial charge on any atom is -0.322 e. The maximum Gasteiger partial charge on any atom is 0.133 e. The van der Waals surface area contributed by atoms with E-state index in [9.17, 15) is 0 Å². The van der Waals surface area contributed by atoms with Crippen LogP contribution in [-0.4, -0.2) is 10.2 Å². The van der Waals surface area contributed by atoms with Crippen LogP contribution in [-0.2, 0) is 0 Å². The van der Waals surface area contributed by atoms with Gasteiger partial charge in [0.05, 0.1) is 6.04 Å². The number of nitrogens with two attached hydrogens (primary N) is 1. The molecule has 14 heavy (non-hydrogen) atoms. The molecule has 3 unspecified atom stereocenters. The molecule has 1 fully saturated rings. The molecular formula is C10H17N3S. The fourth-order valence-corrected chi connectivity index (χ4v) is 3.16. The van der Waals surface area contributed by atoms with Gasteiger partial charge in [0.2, 0.25) is 0 Å². The predicted molar refractivity (Wildman–Crippen MR) is 58.3 cm³/mol. The maximum absolute atomic E-state index is 5.77. The zero-order chi connectivity index (χ0) is 10.1. The molecule has 0 spiro atoms. The molecule has 4 heteroatoms. The zero-order valence-electron chi connectivity index (χ0n) is 8.73. The first-order chi connectivity index (χ1) is 6.68. The van der Waals surface area contributed by atoms with Crippen LogP contribution in [0.4, 0.5) is 0 Å². The molecule has 0 saturated heterocycles. The molecule has 1 aliphatic carbocycles. The molecule has 3 nitrogen and oxygen atoms in total. The van der Waals surface area contributed by atoms with Crippen molar-refractivity contribution in [2.75, 3.05) is 0 Å². The van der Waals surface area contributed by atoms with E-state index in [4.69, 9.17) is 5.73 Å². The largest absolute Gasteiger partial charge is 0.322 e. The van der Waals surface area contributed by atoms with E-state index in [1.54, 1.807) is 11.3 Å². The fourth-order valence-electron chi connectivity index (χ4n) is 2.09. The molecular weight excluding hydrogens is 194 g/mol. The Bertz CT molecular complexity index is 308. The van der Waals surface area contributed by atoms with Crippen molar-refractivity contribution in [3.63, 3.8) is 0 Å². The molecule has 2 N–H and O–H groups in total. The molecule has 0 amide bonds. The van der Waals surface area contributed by atoms with Crippen LogP contribution >= 0.6 is 11.3 Å². The third-order valence-electron chi connectivity index (χ3n) is 3.02. The summed E-state index contributed by atoms with van der Waals surface area (Å²) in [6, 6.07) is 0.0259. The van der Waals surface area contributed by atoms with Gasteiger partial charge in [-0.1, -0.05) is 31.1 Å². The van der Waals surface area contributed by atoms with Gasteiger partial charge >= 0.3 is 0 Å². The lowest BCUT2D eigenvalue weighted by Gasteiger charge is -2.10. The van der Waals surface area contributed by atoms with E-state index in [0.29, 0.717) is 5.92 Å². The zero-order valence-corrected chi connectivity index (χ0v) is 9.55. The minimum atomic E-state index is 0.0259. The van der Waals surface area contributed by atoms with Gasteiger partial charge < -0.3 is 5.73 Å². The predicted octanol–water partition coefficient (Wildman–Crippen LogP) is 2.46. The second-order valence-electron chi connectivity index (χ2n) is 4.28. The lowest BCUT2D eigenvalue weighted by Crippen LogP contribution is -2.03. The second kappa shape index (κ2) is 3.95. The van der Waals surface area contributed by atoms with E-state index >= 15 is 0 Å². The van der Waals surface area contributed by atoms with Crippen LogP contribution < -0.4 is 5.73 Å². The summed E-state index contributed by atoms with van der Waals surface area (Å²) < 4.78 is 0. The molecule has 1 saturated carbocycles. The summed E-state index contributed by atoms with van der Waals surface area (Å²) in [4.78, 5) is 0. The van der Waals surface area contributed by atoms with Gasteiger partial charge in [-0.15, -0.1) is 10.2 Å². The van der Waals surface area contributed by atoms with Gasteiger partial charge in [-0.3, -0.25) is 0 Å². The quantitative estimate of drug-likeness (QED) is 0.817. The van der Waals surface area contributed by atoms with Crippen LogP contribution in [0, 0.1) is 5.92 Å². The average Bonchev–Trinajstić information content (AvgIpc) is 2.71. The molecule has 1 aromatic heterocycles. The SMILES string of the molecule is CC(N)c1nnc(C2CCCC2C)s1. The normalized spacial score (nSPS) is 29.4. The van der Waals surface area contributed by atoms with Gasteiger partial charge in [0.1, 0.15) is 10.0 Å². The first kappa shape index (κ1) is 10.1. The Morgan fingerprint density at radius 3 is 2.71 bits per heavy atom. The molecule has 0 aromatic carbocycles. The van der Waals surface area contributed by atoms with E-state index in [1.807, 2.05) is 6.92 Å². The Morgan fingerprint density at radius 1 is 1.43 bits per heavy atom. The summed E-state index contributed by atoms with van der Waals surface area (Å²) in [5.41, 5.74) is 5.77. The highest BCUT2D eigenvalue weighted by Crippen LogP contribution is 2.40. The van der Waals surface area contributed by atoms with Gasteiger partial charge in [-0.05, 0) is 19.3 Å². The van der Waals surface area contributed by atoms with Crippen LogP contribution in [0.15, 0.2) is 0 Å². The average molecular weight is 211 g/mol. The van der Waals surface area contributed by atoms with E-state index in [2.05, 4.69) is 17.1 Å². The summed E-state index contributed by atoms with van der Waals surface area (Å²) >= 11 is 1.69. The Hall–Kier alpha value is -0.480. The Labute approximate surface area is 88.7 Å². The van der Waals surface area contributed by atoms with Gasteiger partial charge in [-0.25, -0.2) is 0 Å². The summed E-state index contributed by atoms with van der Waals surface area (Å²) in [6.45, 7) is 4.27. The lowest BCUT2D eigenvalue weighted by atomic mass is 9.99. The van der Waals surface area contributed by atoms with Crippen LogP contribution in [0.5, 0.6) is 0 Å². The summed E-state index contributed by atoms with van der Waals surface area (Å²) in [5.74, 6) is 1.41. The second-order valence-corrected chi connectivity index (χ2v) is 5.32. The van der Waals surface area contributed by atoms with Crippen molar-refractivity contribution in [3.8, 4) is 0 Å². The van der Waals surface area contributed by atoms with Crippen LogP contribution in [0.25, 0.3) is 0 Å². The Kier molecular flexibility index (Phi) is 2.83. The monoisotopic (exact) mass is 211 g/mol. The van der Waals surface area contributed by atoms with Gasteiger partial charge in [-0.2, -0.15) is 0 Å². The lowest BCUT2D eigenvalue weighted by molar-refractivity contribution is 0.527. The van der Waals surface area contributed by atoms with E-state index in [1.165, 1.54) is 24.3 Å². The standard InChI is InChI=1S/C10H17N3S/c1-6-4-3-5-8(6)10-13-12-9(14-10)7(2)11/h6-8H,3-5,11H2,1-2H3. The highest BCUT2D eigenvalue weighted by Gasteiger charge is 2.28. The third-order valence-corrected chi connectivity index (χ3v) is 4.28. The van der Waals surface area contributed by atoms with Crippen molar-refractivity contribution in [1.29, 1.82) is 0 Å². The number of hydrogen-bond donors (Lipinski definition) is 1. The summed E-state index contributed by atoms with van der Waals surface area (Å²) in [5, 5.41) is 10.6. The number of hydrogen-bond acceptors (Lipinski definition) is 4. The molecule has 1 aromatic rings. The molecule has 3 atom stereocenters. The van der Waals surface area contributed by atoms with E-state index in [-0.39, 0.29) is 6.04 Å². The molecule has 0 radical (unpaired) electrons. The van der Waals surface area contributed by atoms with Gasteiger partial charge in [0.15, 0.2) is 0 Å². The Balaban J connectivity index is 2.16. The maximum atomic E-state index is 5.77. The third kappa shape index (κ3) is 1.81. The van der Waals surface area contributed by atoms with E-state index < -0.39 is 0 Å². The first-order valence-electron chi connectivity index (χ1n) is 5.27. The van der Waals surface area contributed by atoms with E-state index in [0.717, 1.165) is 10.9 Å². The van der Waals surface area contributed by atoms with Crippen molar-refractivity contribution < 1.29 is 0 Å². The van der Waals surface area contributed by atoms with Crippen molar-refractivity contribution >= 4 is 11.3 Å². The molecule has 0 aliphatic heterocycles. The van der Waals surface area contributed by atoms with Crippen LogP contribution in [0.3, 0.4) is 0 Å². The number of nitrogens with zero attached hydrogens (tertiary/aromatic N) is 2. The van der Waals surface area contributed by atoms with Crippen LogP contribution in [0.2, 0.25) is 0 Å². The summed E-state index contributed by atoms with van der Waals surface area (Å²) in [7, 11) is 0. The molecule has 1 heterocycles. The molecule has 2 rings (SSSR count). The molecule has 1 aliphatic rings. The number of aromatic nitrogens is 2.